The molecular weight excluding hydrogens is 492 g/mol. The number of anilines is 2. The zero-order valence-corrected chi connectivity index (χ0v) is 22.7. The molecule has 39 heavy (non-hydrogen) atoms. The average molecular weight is 525 g/mol. The minimum Gasteiger partial charge on any atom is -0.494 e. The second-order valence-electron chi connectivity index (χ2n) is 9.85. The van der Waals surface area contributed by atoms with Crippen LogP contribution in [0.3, 0.4) is 0 Å². The van der Waals surface area contributed by atoms with Gasteiger partial charge in [0.25, 0.3) is 0 Å². The lowest BCUT2D eigenvalue weighted by Crippen LogP contribution is -2.19. The van der Waals surface area contributed by atoms with E-state index in [-0.39, 0.29) is 6.23 Å². The second-order valence-corrected chi connectivity index (χ2v) is 9.85. The van der Waals surface area contributed by atoms with Gasteiger partial charge in [-0.2, -0.15) is 5.10 Å². The van der Waals surface area contributed by atoms with E-state index >= 15 is 0 Å². The van der Waals surface area contributed by atoms with Crippen LogP contribution in [-0.4, -0.2) is 48.0 Å². The monoisotopic (exact) mass is 524 g/mol. The van der Waals surface area contributed by atoms with E-state index < -0.39 is 0 Å². The standard InChI is InChI=1S/C29H32N8O2/c1-18-9-7-10-20(32-18)15-21-16-24(26-29(34-21)37(19(2)33-26)25-13-5-6-14-39-25)35-23-12-8-11-22(27(23)38-4)28-30-17-31-36(28)3/h7-12,16-17,25H,5-6,13-15H2,1-4H3,(H,34,35). The molecule has 0 radical (unpaired) electrons. The van der Waals surface area contributed by atoms with Crippen molar-refractivity contribution in [2.45, 2.75) is 45.8 Å². The fraction of sp³-hybridized carbons (Fsp3) is 0.345. The number of aromatic nitrogens is 7. The number of pyridine rings is 2. The Hall–Kier alpha value is -4.31. The molecule has 1 unspecified atom stereocenters. The molecule has 0 saturated carbocycles. The lowest BCUT2D eigenvalue weighted by atomic mass is 10.1. The number of benzene rings is 1. The zero-order chi connectivity index (χ0) is 26.9. The molecule has 10 nitrogen and oxygen atoms in total. The number of methoxy groups -OCH3 is 1. The minimum absolute atomic E-state index is 0.0785. The molecule has 4 aromatic heterocycles. The molecule has 1 fully saturated rings. The molecular formula is C29H32N8O2. The van der Waals surface area contributed by atoms with Crippen LogP contribution in [-0.2, 0) is 18.2 Å². The Labute approximate surface area is 227 Å². The summed E-state index contributed by atoms with van der Waals surface area (Å²) in [6.45, 7) is 4.76. The van der Waals surface area contributed by atoms with E-state index in [1.807, 2.05) is 57.3 Å². The van der Waals surface area contributed by atoms with E-state index in [9.17, 15) is 0 Å². The van der Waals surface area contributed by atoms with Gasteiger partial charge in [-0.05, 0) is 63.4 Å². The topological polar surface area (TPSA) is 105 Å². The highest BCUT2D eigenvalue weighted by Crippen LogP contribution is 2.39. The Bertz CT molecular complexity index is 1630. The number of ether oxygens (including phenoxy) is 2. The number of imidazole rings is 1. The molecule has 1 atom stereocenters. The van der Waals surface area contributed by atoms with Gasteiger partial charge in [0, 0.05) is 31.5 Å². The van der Waals surface area contributed by atoms with Crippen molar-refractivity contribution in [2.75, 3.05) is 19.0 Å². The largest absolute Gasteiger partial charge is 0.494 e. The van der Waals surface area contributed by atoms with Crippen LogP contribution in [0, 0.1) is 13.8 Å². The third kappa shape index (κ3) is 4.83. The van der Waals surface area contributed by atoms with Crippen molar-refractivity contribution in [2.24, 2.45) is 7.05 Å². The maximum absolute atomic E-state index is 6.16. The van der Waals surface area contributed by atoms with Crippen molar-refractivity contribution in [3.05, 3.63) is 71.7 Å². The molecule has 1 saturated heterocycles. The van der Waals surface area contributed by atoms with Gasteiger partial charge in [-0.15, -0.1) is 0 Å². The molecule has 0 aliphatic carbocycles. The fourth-order valence-electron chi connectivity index (χ4n) is 5.28. The van der Waals surface area contributed by atoms with Crippen LogP contribution in [0.2, 0.25) is 0 Å². The van der Waals surface area contributed by atoms with Crippen LogP contribution in [0.15, 0.2) is 48.8 Å². The zero-order valence-electron chi connectivity index (χ0n) is 22.7. The molecule has 0 spiro atoms. The lowest BCUT2D eigenvalue weighted by Gasteiger charge is -2.25. The van der Waals surface area contributed by atoms with Crippen LogP contribution in [0.4, 0.5) is 11.4 Å². The number of nitrogens with one attached hydrogen (secondary N) is 1. The summed E-state index contributed by atoms with van der Waals surface area (Å²) in [6.07, 6.45) is 5.19. The highest BCUT2D eigenvalue weighted by atomic mass is 16.5. The van der Waals surface area contributed by atoms with Crippen LogP contribution in [0.1, 0.15) is 48.4 Å². The van der Waals surface area contributed by atoms with Crippen molar-refractivity contribution in [1.82, 2.24) is 34.3 Å². The van der Waals surface area contributed by atoms with Gasteiger partial charge in [-0.1, -0.05) is 12.1 Å². The number of para-hydroxylation sites is 1. The summed E-state index contributed by atoms with van der Waals surface area (Å²) in [7, 11) is 3.53. The predicted molar refractivity (Wildman–Crippen MR) is 149 cm³/mol. The first-order chi connectivity index (χ1) is 19.0. The first-order valence-corrected chi connectivity index (χ1v) is 13.2. The summed E-state index contributed by atoms with van der Waals surface area (Å²) in [5, 5.41) is 7.84. The van der Waals surface area contributed by atoms with E-state index in [4.69, 9.17) is 24.4 Å². The Morgan fingerprint density at radius 3 is 2.64 bits per heavy atom. The summed E-state index contributed by atoms with van der Waals surface area (Å²) in [6, 6.07) is 14.1. The van der Waals surface area contributed by atoms with Crippen molar-refractivity contribution in [3.63, 3.8) is 0 Å². The molecule has 200 valence electrons. The number of fused-ring (bicyclic) bond motifs is 1. The van der Waals surface area contributed by atoms with Crippen molar-refractivity contribution < 1.29 is 9.47 Å². The van der Waals surface area contributed by atoms with E-state index in [0.29, 0.717) is 12.2 Å². The SMILES string of the molecule is COc1c(Nc2cc(Cc3cccc(C)n3)nc3c2nc(C)n3C2CCCCO2)cccc1-c1ncnn1C. The third-order valence-electron chi connectivity index (χ3n) is 7.07. The maximum atomic E-state index is 6.16. The number of nitrogens with zero attached hydrogens (tertiary/aromatic N) is 7. The third-order valence-corrected chi connectivity index (χ3v) is 7.07. The quantitative estimate of drug-likeness (QED) is 0.307. The van der Waals surface area contributed by atoms with Crippen LogP contribution < -0.4 is 10.1 Å². The van der Waals surface area contributed by atoms with Gasteiger partial charge in [0.2, 0.25) is 0 Å². The van der Waals surface area contributed by atoms with E-state index in [0.717, 1.165) is 82.7 Å². The summed E-state index contributed by atoms with van der Waals surface area (Å²) >= 11 is 0. The summed E-state index contributed by atoms with van der Waals surface area (Å²) in [5.74, 6) is 2.27. The smallest absolute Gasteiger partial charge is 0.164 e. The molecule has 1 aromatic carbocycles. The van der Waals surface area contributed by atoms with Gasteiger partial charge < -0.3 is 14.8 Å². The van der Waals surface area contributed by atoms with E-state index in [1.54, 1.807) is 11.8 Å². The average Bonchev–Trinajstić information content (AvgIpc) is 3.51. The highest BCUT2D eigenvalue weighted by Gasteiger charge is 2.24. The number of hydrogen-bond acceptors (Lipinski definition) is 8. The van der Waals surface area contributed by atoms with Gasteiger partial charge in [-0.25, -0.2) is 19.6 Å². The van der Waals surface area contributed by atoms with Gasteiger partial charge in [-0.3, -0.25) is 9.55 Å². The molecule has 0 amide bonds. The van der Waals surface area contributed by atoms with Gasteiger partial charge >= 0.3 is 0 Å². The molecule has 5 aromatic rings. The lowest BCUT2D eigenvalue weighted by molar-refractivity contribution is -0.0309. The number of rotatable bonds is 7. The van der Waals surface area contributed by atoms with Crippen molar-refractivity contribution in [3.8, 4) is 17.1 Å². The first kappa shape index (κ1) is 25.0. The number of aryl methyl sites for hydroxylation is 3. The molecule has 6 rings (SSSR count). The summed E-state index contributed by atoms with van der Waals surface area (Å²) in [5.41, 5.74) is 6.90. The molecule has 1 N–H and O–H groups in total. The van der Waals surface area contributed by atoms with Crippen molar-refractivity contribution >= 4 is 22.5 Å². The van der Waals surface area contributed by atoms with Crippen LogP contribution in [0.25, 0.3) is 22.6 Å². The predicted octanol–water partition coefficient (Wildman–Crippen LogP) is 5.28. The fourth-order valence-corrected chi connectivity index (χ4v) is 5.28. The minimum atomic E-state index is -0.0785. The number of hydrogen-bond donors (Lipinski definition) is 1. The first-order valence-electron chi connectivity index (χ1n) is 13.2. The van der Waals surface area contributed by atoms with Crippen LogP contribution in [0.5, 0.6) is 5.75 Å². The second kappa shape index (κ2) is 10.5. The Morgan fingerprint density at radius 2 is 1.90 bits per heavy atom. The maximum Gasteiger partial charge on any atom is 0.164 e. The molecule has 1 aliphatic heterocycles. The molecule has 10 heteroatoms. The van der Waals surface area contributed by atoms with Gasteiger partial charge in [0.1, 0.15) is 23.9 Å². The van der Waals surface area contributed by atoms with Gasteiger partial charge in [0.15, 0.2) is 17.2 Å². The van der Waals surface area contributed by atoms with E-state index in [1.165, 1.54) is 6.33 Å². The Morgan fingerprint density at radius 1 is 1.03 bits per heavy atom. The Balaban J connectivity index is 1.48. The van der Waals surface area contributed by atoms with Crippen LogP contribution >= 0.6 is 0 Å². The highest BCUT2D eigenvalue weighted by molar-refractivity contribution is 5.91. The van der Waals surface area contributed by atoms with Gasteiger partial charge in [0.05, 0.1) is 29.7 Å². The normalized spacial score (nSPS) is 15.5. The molecule has 1 aliphatic rings. The Kier molecular flexibility index (Phi) is 6.70. The van der Waals surface area contributed by atoms with E-state index in [2.05, 4.69) is 26.0 Å². The summed E-state index contributed by atoms with van der Waals surface area (Å²) in [4.78, 5) is 19.2. The van der Waals surface area contributed by atoms with Crippen molar-refractivity contribution in [1.29, 1.82) is 0 Å². The molecule has 5 heterocycles. The molecule has 0 bridgehead atoms. The summed E-state index contributed by atoms with van der Waals surface area (Å²) < 4.78 is 15.9.